The molecule has 2 heterocycles. The van der Waals surface area contributed by atoms with Crippen molar-refractivity contribution in [2.45, 2.75) is 32.4 Å². The smallest absolute Gasteiger partial charge is 0.323 e. The van der Waals surface area contributed by atoms with E-state index in [0.717, 1.165) is 25.0 Å². The minimum Gasteiger partial charge on any atom is -0.376 e. The summed E-state index contributed by atoms with van der Waals surface area (Å²) in [6, 6.07) is 4.84. The van der Waals surface area contributed by atoms with Crippen molar-refractivity contribution in [1.29, 1.82) is 0 Å². The molecule has 3 amide bonds. The Hall–Kier alpha value is -2.87. The van der Waals surface area contributed by atoms with E-state index in [1.807, 2.05) is 6.92 Å². The van der Waals surface area contributed by atoms with Crippen molar-refractivity contribution in [1.82, 2.24) is 14.7 Å². The largest absolute Gasteiger partial charge is 0.376 e. The van der Waals surface area contributed by atoms with Crippen molar-refractivity contribution >= 4 is 23.3 Å². The van der Waals surface area contributed by atoms with Gasteiger partial charge in [0.1, 0.15) is 0 Å². The third-order valence-corrected chi connectivity index (χ3v) is 4.43. The number of hydrogen-bond donors (Lipinski definition) is 2. The van der Waals surface area contributed by atoms with Gasteiger partial charge in [0.05, 0.1) is 24.5 Å². The molecule has 1 saturated heterocycles. The number of amides is 3. The molecule has 0 aliphatic carbocycles. The number of aromatic nitrogens is 2. The first kappa shape index (κ1) is 18.9. The van der Waals surface area contributed by atoms with Gasteiger partial charge in [-0.3, -0.25) is 9.48 Å². The number of nitrogens with zero attached hydrogens (tertiary/aromatic N) is 3. The van der Waals surface area contributed by atoms with Crippen LogP contribution in [0.2, 0.25) is 0 Å². The van der Waals surface area contributed by atoms with E-state index in [2.05, 4.69) is 15.7 Å². The lowest BCUT2D eigenvalue weighted by atomic mass is 10.1. The molecule has 1 fully saturated rings. The van der Waals surface area contributed by atoms with Gasteiger partial charge in [-0.05, 0) is 43.5 Å². The summed E-state index contributed by atoms with van der Waals surface area (Å²) in [6.07, 6.45) is 5.70. The van der Waals surface area contributed by atoms with Crippen molar-refractivity contribution in [2.24, 2.45) is 0 Å². The van der Waals surface area contributed by atoms with Crippen LogP contribution in [-0.2, 0) is 11.3 Å². The Balaban J connectivity index is 1.57. The van der Waals surface area contributed by atoms with Crippen LogP contribution < -0.4 is 10.6 Å². The van der Waals surface area contributed by atoms with Crippen molar-refractivity contribution in [3.05, 3.63) is 41.7 Å². The van der Waals surface area contributed by atoms with Gasteiger partial charge in [0, 0.05) is 38.1 Å². The van der Waals surface area contributed by atoms with Gasteiger partial charge in [0.25, 0.3) is 5.91 Å². The molecule has 27 heavy (non-hydrogen) atoms. The minimum atomic E-state index is -0.363. The van der Waals surface area contributed by atoms with Crippen LogP contribution >= 0.6 is 0 Å². The van der Waals surface area contributed by atoms with Crippen molar-refractivity contribution < 1.29 is 14.3 Å². The fourth-order valence-corrected chi connectivity index (χ4v) is 3.04. The van der Waals surface area contributed by atoms with Crippen LogP contribution in [0.5, 0.6) is 0 Å². The standard InChI is InChI=1S/C19H25N5O3/c1-13-9-14(6-7-17(13)18(25)23(2)3)21-19(26)22-15-10-20-24(11-15)12-16-5-4-8-27-16/h6-7,9-11,16H,4-5,8,12H2,1-3H3,(H2,21,22,26). The number of carbonyl (C=O) groups excluding carboxylic acids is 2. The molecule has 8 heteroatoms. The molecule has 0 bridgehead atoms. The predicted octanol–water partition coefficient (Wildman–Crippen LogP) is 2.72. The van der Waals surface area contributed by atoms with Gasteiger partial charge in [-0.1, -0.05) is 0 Å². The predicted molar refractivity (Wildman–Crippen MR) is 103 cm³/mol. The molecule has 0 saturated carbocycles. The van der Waals surface area contributed by atoms with Crippen LogP contribution in [0.25, 0.3) is 0 Å². The average Bonchev–Trinajstić information content (AvgIpc) is 3.27. The Bertz CT molecular complexity index is 825. The van der Waals surface area contributed by atoms with Crippen molar-refractivity contribution in [3.8, 4) is 0 Å². The van der Waals surface area contributed by atoms with Gasteiger partial charge in [0.2, 0.25) is 0 Å². The van der Waals surface area contributed by atoms with Gasteiger partial charge in [-0.2, -0.15) is 5.10 Å². The molecule has 0 radical (unpaired) electrons. The van der Waals surface area contributed by atoms with E-state index in [4.69, 9.17) is 4.74 Å². The zero-order valence-corrected chi connectivity index (χ0v) is 15.9. The molecule has 1 aromatic heterocycles. The lowest BCUT2D eigenvalue weighted by Crippen LogP contribution is -2.23. The van der Waals surface area contributed by atoms with E-state index in [0.29, 0.717) is 23.5 Å². The zero-order valence-electron chi connectivity index (χ0n) is 15.9. The van der Waals surface area contributed by atoms with E-state index in [9.17, 15) is 9.59 Å². The van der Waals surface area contributed by atoms with E-state index in [1.54, 1.807) is 49.4 Å². The fourth-order valence-electron chi connectivity index (χ4n) is 3.04. The molecule has 2 aromatic rings. The number of nitrogens with one attached hydrogen (secondary N) is 2. The Morgan fingerprint density at radius 3 is 2.74 bits per heavy atom. The molecular weight excluding hydrogens is 346 g/mol. The molecule has 1 aliphatic heterocycles. The highest BCUT2D eigenvalue weighted by molar-refractivity contribution is 6.00. The second-order valence-corrected chi connectivity index (χ2v) is 6.89. The Labute approximate surface area is 158 Å². The van der Waals surface area contributed by atoms with Crippen LogP contribution in [0.4, 0.5) is 16.2 Å². The van der Waals surface area contributed by atoms with E-state index < -0.39 is 0 Å². The average molecular weight is 371 g/mol. The molecule has 1 aliphatic rings. The van der Waals surface area contributed by atoms with E-state index in [1.165, 1.54) is 4.90 Å². The first-order valence-corrected chi connectivity index (χ1v) is 8.97. The van der Waals surface area contributed by atoms with Gasteiger partial charge in [-0.15, -0.1) is 0 Å². The second kappa shape index (κ2) is 8.22. The topological polar surface area (TPSA) is 88.5 Å². The highest BCUT2D eigenvalue weighted by Gasteiger charge is 2.17. The summed E-state index contributed by atoms with van der Waals surface area (Å²) in [5.41, 5.74) is 2.64. The third kappa shape index (κ3) is 4.85. The van der Waals surface area contributed by atoms with Crippen LogP contribution in [0.3, 0.4) is 0 Å². The summed E-state index contributed by atoms with van der Waals surface area (Å²) in [5.74, 6) is -0.0674. The number of hydrogen-bond acceptors (Lipinski definition) is 4. The Kier molecular flexibility index (Phi) is 5.75. The number of benzene rings is 1. The van der Waals surface area contributed by atoms with Crippen molar-refractivity contribution in [3.63, 3.8) is 0 Å². The van der Waals surface area contributed by atoms with E-state index >= 15 is 0 Å². The highest BCUT2D eigenvalue weighted by atomic mass is 16.5. The molecule has 0 spiro atoms. The maximum absolute atomic E-state index is 12.2. The fraction of sp³-hybridized carbons (Fsp3) is 0.421. The zero-order chi connectivity index (χ0) is 19.4. The summed E-state index contributed by atoms with van der Waals surface area (Å²) in [4.78, 5) is 25.8. The lowest BCUT2D eigenvalue weighted by molar-refractivity contribution is 0.0827. The van der Waals surface area contributed by atoms with Crippen LogP contribution in [0.1, 0.15) is 28.8 Å². The Morgan fingerprint density at radius 2 is 2.07 bits per heavy atom. The molecule has 1 aromatic carbocycles. The Morgan fingerprint density at radius 1 is 1.30 bits per heavy atom. The lowest BCUT2D eigenvalue weighted by Gasteiger charge is -2.13. The summed E-state index contributed by atoms with van der Waals surface area (Å²) >= 11 is 0. The second-order valence-electron chi connectivity index (χ2n) is 6.89. The minimum absolute atomic E-state index is 0.0674. The van der Waals surface area contributed by atoms with Gasteiger partial charge in [0.15, 0.2) is 0 Å². The molecular formula is C19H25N5O3. The molecule has 8 nitrogen and oxygen atoms in total. The van der Waals surface area contributed by atoms with Crippen molar-refractivity contribution in [2.75, 3.05) is 31.3 Å². The quantitative estimate of drug-likeness (QED) is 0.846. The maximum Gasteiger partial charge on any atom is 0.323 e. The summed E-state index contributed by atoms with van der Waals surface area (Å²) in [6.45, 7) is 3.33. The van der Waals surface area contributed by atoms with Crippen LogP contribution in [0, 0.1) is 6.92 Å². The van der Waals surface area contributed by atoms with Gasteiger partial charge >= 0.3 is 6.03 Å². The van der Waals surface area contributed by atoms with E-state index in [-0.39, 0.29) is 18.0 Å². The highest BCUT2D eigenvalue weighted by Crippen LogP contribution is 2.18. The summed E-state index contributed by atoms with van der Waals surface area (Å²) in [7, 11) is 3.42. The first-order valence-electron chi connectivity index (χ1n) is 8.97. The molecule has 2 N–H and O–H groups in total. The number of aryl methyl sites for hydroxylation is 1. The molecule has 1 atom stereocenters. The molecule has 1 unspecified atom stereocenters. The molecule has 144 valence electrons. The maximum atomic E-state index is 12.2. The van der Waals surface area contributed by atoms with Crippen LogP contribution in [0.15, 0.2) is 30.6 Å². The number of anilines is 2. The molecule has 3 rings (SSSR count). The number of rotatable bonds is 5. The van der Waals surface area contributed by atoms with Gasteiger partial charge in [-0.25, -0.2) is 4.79 Å². The third-order valence-electron chi connectivity index (χ3n) is 4.43. The van der Waals surface area contributed by atoms with Crippen LogP contribution in [-0.4, -0.2) is 53.4 Å². The SMILES string of the molecule is Cc1cc(NC(=O)Nc2cnn(CC3CCCO3)c2)ccc1C(=O)N(C)C. The normalized spacial score (nSPS) is 16.2. The monoisotopic (exact) mass is 371 g/mol. The summed E-state index contributed by atoms with van der Waals surface area (Å²) in [5, 5.41) is 9.79. The number of ether oxygens (including phenoxy) is 1. The summed E-state index contributed by atoms with van der Waals surface area (Å²) < 4.78 is 7.37. The number of urea groups is 1. The number of carbonyl (C=O) groups is 2. The first-order chi connectivity index (χ1) is 12.9. The van der Waals surface area contributed by atoms with Gasteiger partial charge < -0.3 is 20.3 Å².